The Morgan fingerprint density at radius 1 is 0.247 bits per heavy atom. The second-order valence-corrected chi connectivity index (χ2v) is 21.2. The number of terminal acetylenes is 1. The van der Waals surface area contributed by atoms with Gasteiger partial charge in [0.15, 0.2) is 44.0 Å². The van der Waals surface area contributed by atoms with Crippen molar-refractivity contribution >= 4 is 0 Å². The summed E-state index contributed by atoms with van der Waals surface area (Å²) in [6.07, 6.45) is -65.1. The van der Waals surface area contributed by atoms with E-state index < -0.39 is 261 Å². The maximum atomic E-state index is 11.3. The van der Waals surface area contributed by atoms with Crippen LogP contribution < -0.4 is 0 Å². The zero-order chi connectivity index (χ0) is 61.9. The molecule has 1 aromatic rings. The first-order chi connectivity index (χ1) is 40.6. The first-order valence-electron chi connectivity index (χ1n) is 27.1. The maximum Gasteiger partial charge on any atom is 0.187 e. The van der Waals surface area contributed by atoms with E-state index in [1.807, 2.05) is 30.3 Å². The molecule has 21 fully saturated rings. The third-order valence-corrected chi connectivity index (χ3v) is 15.7. The van der Waals surface area contributed by atoms with Crippen molar-refractivity contribution in [3.05, 3.63) is 35.9 Å². The van der Waals surface area contributed by atoms with Crippen molar-refractivity contribution in [3.8, 4) is 12.3 Å². The van der Waals surface area contributed by atoms with Gasteiger partial charge in [-0.05, 0) is 12.1 Å². The van der Waals surface area contributed by atoms with Crippen LogP contribution in [0.15, 0.2) is 30.3 Å². The predicted octanol–water partition coefficient (Wildman–Crippen LogP) is -13.6. The third kappa shape index (κ3) is 14.3. The van der Waals surface area contributed by atoms with Crippen molar-refractivity contribution in [2.45, 2.75) is 215 Å². The topological polar surface area (TPSA) is 554 Å². The first kappa shape index (κ1) is 68.3. The van der Waals surface area contributed by atoms with E-state index in [1.165, 1.54) is 0 Å². The summed E-state index contributed by atoms with van der Waals surface area (Å²) in [6.45, 7) is -7.33. The smallest absolute Gasteiger partial charge is 0.187 e. The minimum atomic E-state index is -2.21. The number of aliphatic hydroxyl groups is 21. The third-order valence-electron chi connectivity index (χ3n) is 15.7. The highest BCUT2D eigenvalue weighted by atomic mass is 16.8. The molecule has 21 saturated heterocycles. The Balaban J connectivity index is 0.00000108. The average Bonchev–Trinajstić information content (AvgIpc) is 2.24. The van der Waals surface area contributed by atoms with Crippen LogP contribution in [-0.2, 0) is 66.3 Å². The number of benzene rings is 1. The van der Waals surface area contributed by atoms with Crippen LogP contribution in [0.4, 0.5) is 0 Å². The Bertz CT molecular complexity index is 1860. The molecular formula is C50H76O35. The van der Waals surface area contributed by atoms with Crippen molar-refractivity contribution < 1.29 is 174 Å². The number of hydrogen-bond donors (Lipinski definition) is 21. The van der Waals surface area contributed by atoms with Crippen LogP contribution in [-0.4, -0.2) is 368 Å². The largest absolute Gasteiger partial charge is 0.394 e. The number of rotatable bonds is 7. The molecule has 21 aliphatic rings. The van der Waals surface area contributed by atoms with Crippen molar-refractivity contribution in [3.63, 3.8) is 0 Å². The van der Waals surface area contributed by atoms with Crippen LogP contribution in [0.25, 0.3) is 0 Å². The molecule has 0 spiro atoms. The van der Waals surface area contributed by atoms with E-state index in [4.69, 9.17) is 72.7 Å². The maximum absolute atomic E-state index is 11.3. The van der Waals surface area contributed by atoms with Crippen molar-refractivity contribution in [2.24, 2.45) is 0 Å². The SMILES string of the molecule is C#Cc1ccccc1.OC[C@H]1O[C@@H]2O[C@H]3[C@H](O)[C@@H](O)[C@@H](O[C@H]4[C@H](O)[C@@H](O)[C@@H](O[C@H]5[C@H](O)[C@@H](O)[C@@H](O[C@H]6[C@H](O)[C@@H](O)[C@@H](O[C@H]7[C@H](O)[C@@H](O)[C@@H](O[C@H]8[C@H](O)[C@@H](O)[C@@H](O[C@H]1[C@H](O)[C@H]2O)O[C@@H]8CO)O[C@@H]7CO)O[C@@H]6CO)O[C@@H]5CO)O[C@@H]4CO)O[C@@H]3CO. The number of ether oxygens (including phenoxy) is 14. The Labute approximate surface area is 482 Å². The van der Waals surface area contributed by atoms with Crippen molar-refractivity contribution in [2.75, 3.05) is 46.2 Å². The number of aliphatic hydroxyl groups excluding tert-OH is 21. The van der Waals surface area contributed by atoms with Gasteiger partial charge in [-0.25, -0.2) is 0 Å². The van der Waals surface area contributed by atoms with Crippen molar-refractivity contribution in [1.29, 1.82) is 0 Å². The zero-order valence-electron chi connectivity index (χ0n) is 44.7. The molecule has 14 bridgehead atoms. The predicted molar refractivity (Wildman–Crippen MR) is 263 cm³/mol. The summed E-state index contributed by atoms with van der Waals surface area (Å²) in [5.74, 6) is 2.53. The van der Waals surface area contributed by atoms with Gasteiger partial charge in [-0.3, -0.25) is 0 Å². The second-order valence-electron chi connectivity index (χ2n) is 21.2. The summed E-state index contributed by atoms with van der Waals surface area (Å²) in [4.78, 5) is 0. The minimum absolute atomic E-state index is 0.938. The lowest BCUT2D eigenvalue weighted by atomic mass is 9.95. The van der Waals surface area contributed by atoms with Gasteiger partial charge in [0.05, 0.1) is 46.2 Å². The average molecular weight is 1240 g/mol. The fourth-order valence-electron chi connectivity index (χ4n) is 11.0. The highest BCUT2D eigenvalue weighted by Gasteiger charge is 2.59. The van der Waals surface area contributed by atoms with Gasteiger partial charge in [-0.1, -0.05) is 24.1 Å². The van der Waals surface area contributed by atoms with Gasteiger partial charge in [0, 0.05) is 5.56 Å². The lowest BCUT2D eigenvalue weighted by Gasteiger charge is -2.50. The van der Waals surface area contributed by atoms with E-state index in [0.717, 1.165) is 5.56 Å². The van der Waals surface area contributed by atoms with Gasteiger partial charge >= 0.3 is 0 Å². The molecule has 22 rings (SSSR count). The lowest BCUT2D eigenvalue weighted by molar-refractivity contribution is -0.396. The van der Waals surface area contributed by atoms with Crippen LogP contribution >= 0.6 is 0 Å². The van der Waals surface area contributed by atoms with Gasteiger partial charge < -0.3 is 174 Å². The molecule has 0 radical (unpaired) electrons. The molecule has 0 unspecified atom stereocenters. The summed E-state index contributed by atoms with van der Waals surface area (Å²) in [7, 11) is 0. The van der Waals surface area contributed by atoms with E-state index in [9.17, 15) is 107 Å². The molecule has 35 atom stereocenters. The summed E-state index contributed by atoms with van der Waals surface area (Å²) < 4.78 is 79.5. The molecule has 0 aliphatic carbocycles. The summed E-state index contributed by atoms with van der Waals surface area (Å²) >= 11 is 0. The van der Waals surface area contributed by atoms with Gasteiger partial charge in [0.2, 0.25) is 0 Å². The van der Waals surface area contributed by atoms with E-state index in [0.29, 0.717) is 0 Å². The quantitative estimate of drug-likeness (QED) is 0.113. The summed E-state index contributed by atoms with van der Waals surface area (Å²) in [5, 5.41) is 230. The minimum Gasteiger partial charge on any atom is -0.394 e. The molecule has 21 aliphatic heterocycles. The Hall–Kier alpha value is -2.62. The monoisotopic (exact) mass is 1240 g/mol. The lowest BCUT2D eigenvalue weighted by Crippen LogP contribution is -2.68. The summed E-state index contributed by atoms with van der Waals surface area (Å²) in [5.41, 5.74) is 0.938. The normalized spacial score (nSPS) is 50.9. The molecular weight excluding hydrogens is 1160 g/mol. The Morgan fingerprint density at radius 2 is 0.400 bits per heavy atom. The standard InChI is InChI=1S/C42H70O35.C8H6/c43-1-8-29-15(50)22(57)36(64-8)72-30-9(2-44)66-38(24(59)17(30)52)74-32-11(4-46)68-40(26(61)19(32)54)76-34-13(6-48)70-42(28(63)21(34)56)77-35-14(7-49)69-41(27(62)20(35)55)75-33-12(5-47)67-39(25(60)18(33)53)73-31-10(3-45)65-37(71-29)23(58)16(31)51;1-2-8-6-4-3-5-7-8/h8-63H,1-7H2;1,3-7H/t8-,9-,10-,11-,12-,13-,14-,15-,16-,17-,18-,19-,20-,21-,22-,23-,24-,25-,26-,27-,28-,29-,30-,31-,32-,33-,34-,35-,36-,37-,38-,39-,40-,41-,42-;/m1./s1. The molecule has 0 amide bonds. The second kappa shape index (κ2) is 30.0. The van der Waals surface area contributed by atoms with E-state index in [-0.39, 0.29) is 0 Å². The fourth-order valence-corrected chi connectivity index (χ4v) is 11.0. The van der Waals surface area contributed by atoms with E-state index in [1.54, 1.807) is 0 Å². The van der Waals surface area contributed by atoms with Gasteiger partial charge in [0.25, 0.3) is 0 Å². The highest BCUT2D eigenvalue weighted by molar-refractivity contribution is 5.30. The van der Waals surface area contributed by atoms with E-state index >= 15 is 0 Å². The van der Waals surface area contributed by atoms with E-state index in [2.05, 4.69) is 5.92 Å². The zero-order valence-corrected chi connectivity index (χ0v) is 44.7. The van der Waals surface area contributed by atoms with Gasteiger partial charge in [-0.2, -0.15) is 0 Å². The van der Waals surface area contributed by atoms with Crippen LogP contribution in [0.1, 0.15) is 5.56 Å². The Morgan fingerprint density at radius 3 is 0.518 bits per heavy atom. The molecule has 21 N–H and O–H groups in total. The number of hydrogen-bond acceptors (Lipinski definition) is 35. The van der Waals surface area contributed by atoms with Gasteiger partial charge in [-0.15, -0.1) is 6.42 Å². The van der Waals surface area contributed by atoms with Crippen molar-refractivity contribution in [1.82, 2.24) is 0 Å². The van der Waals surface area contributed by atoms with Crippen LogP contribution in [0.5, 0.6) is 0 Å². The Kier molecular flexibility index (Phi) is 24.1. The molecule has 35 heteroatoms. The molecule has 35 nitrogen and oxygen atoms in total. The molecule has 486 valence electrons. The van der Waals surface area contributed by atoms with Crippen LogP contribution in [0, 0.1) is 12.3 Å². The molecule has 1 aromatic carbocycles. The molecule has 85 heavy (non-hydrogen) atoms. The molecule has 0 saturated carbocycles. The highest BCUT2D eigenvalue weighted by Crippen LogP contribution is 2.39. The molecule has 21 heterocycles. The fraction of sp³-hybridized carbons (Fsp3) is 0.840. The van der Waals surface area contributed by atoms with Gasteiger partial charge in [0.1, 0.15) is 171 Å². The van der Waals surface area contributed by atoms with Crippen LogP contribution in [0.2, 0.25) is 0 Å². The van der Waals surface area contributed by atoms with Crippen LogP contribution in [0.3, 0.4) is 0 Å². The first-order valence-corrected chi connectivity index (χ1v) is 27.1. The molecule has 0 aromatic heterocycles. The summed E-state index contributed by atoms with van der Waals surface area (Å²) in [6, 6.07) is 9.60.